The first-order valence-corrected chi connectivity index (χ1v) is 19.4. The van der Waals surface area contributed by atoms with Gasteiger partial charge in [0.05, 0.1) is 12.2 Å². The number of ether oxygens (including phenoxy) is 1. The highest BCUT2D eigenvalue weighted by Crippen LogP contribution is 2.39. The van der Waals surface area contributed by atoms with Crippen LogP contribution in [-0.4, -0.2) is 82.0 Å². The van der Waals surface area contributed by atoms with E-state index in [1.54, 1.807) is 6.08 Å². The van der Waals surface area contributed by atoms with E-state index in [2.05, 4.69) is 86.1 Å². The molecule has 2 aliphatic heterocycles. The standard InChI is InChI=1S/C42H56N10O2/c1-28-12-9-10-21-51(28)41-48-47-39-20-17-32(27-52(39)41)54-36-19-18-35(33-15-7-8-16-34(33)36)45-40(53)46-38(23-37(43)42(2,3)4)44-30-14-11-13-29(22-30)24-50-25-31(26-50)49(5)6/h7-8,11,13-17,20,22-23,27-28,31,35-36,43-44H,9-10,12,18-19,21,24-26H2,1-6H3,(H2,45,46,53)/b38-23+,43-37?/t28-,35-,36+/m0/s1. The Kier molecular flexibility index (Phi) is 10.9. The number of likely N-dealkylation sites (N-methyl/N-ethyl adjacent to an activating group) is 1. The van der Waals surface area contributed by atoms with Crippen molar-refractivity contribution in [1.82, 2.24) is 35.0 Å². The second kappa shape index (κ2) is 15.8. The van der Waals surface area contributed by atoms with Crippen molar-refractivity contribution >= 4 is 29.0 Å². The van der Waals surface area contributed by atoms with Crippen LogP contribution in [0.3, 0.4) is 0 Å². The van der Waals surface area contributed by atoms with Crippen LogP contribution in [0.15, 0.2) is 78.8 Å². The third-order valence-corrected chi connectivity index (χ3v) is 11.1. The summed E-state index contributed by atoms with van der Waals surface area (Å²) in [5.74, 6) is 2.07. The molecule has 4 N–H and O–H groups in total. The van der Waals surface area contributed by atoms with Crippen molar-refractivity contribution in [1.29, 1.82) is 5.41 Å². The van der Waals surface area contributed by atoms with Crippen molar-refractivity contribution < 1.29 is 9.53 Å². The molecule has 1 aliphatic carbocycles. The third kappa shape index (κ3) is 8.55. The Morgan fingerprint density at radius 3 is 2.56 bits per heavy atom. The summed E-state index contributed by atoms with van der Waals surface area (Å²) in [6.07, 6.45) is 8.53. The van der Waals surface area contributed by atoms with Crippen molar-refractivity contribution in [2.24, 2.45) is 5.41 Å². The van der Waals surface area contributed by atoms with E-state index >= 15 is 0 Å². The molecule has 0 bridgehead atoms. The number of carbonyl (C=O) groups excluding carboxylic acids is 1. The van der Waals surface area contributed by atoms with Crippen LogP contribution >= 0.6 is 0 Å². The summed E-state index contributed by atoms with van der Waals surface area (Å²) >= 11 is 0. The Hall–Kier alpha value is -4.94. The molecule has 4 aromatic rings. The summed E-state index contributed by atoms with van der Waals surface area (Å²) in [4.78, 5) is 20.8. The first-order valence-electron chi connectivity index (χ1n) is 19.4. The Morgan fingerprint density at radius 1 is 1.00 bits per heavy atom. The molecule has 0 unspecified atom stereocenters. The van der Waals surface area contributed by atoms with E-state index in [1.807, 2.05) is 67.8 Å². The number of hydrogen-bond acceptors (Lipinski definition) is 9. The molecule has 7 rings (SSSR count). The molecule has 4 heterocycles. The van der Waals surface area contributed by atoms with E-state index in [1.165, 1.54) is 12.0 Å². The first kappa shape index (κ1) is 37.4. The van der Waals surface area contributed by atoms with Gasteiger partial charge in [0.2, 0.25) is 5.95 Å². The van der Waals surface area contributed by atoms with Crippen LogP contribution in [0.25, 0.3) is 5.65 Å². The quantitative estimate of drug-likeness (QED) is 0.120. The zero-order valence-electron chi connectivity index (χ0n) is 32.6. The number of fused-ring (bicyclic) bond motifs is 2. The molecule has 2 fully saturated rings. The smallest absolute Gasteiger partial charge is 0.320 e. The summed E-state index contributed by atoms with van der Waals surface area (Å²) in [5.41, 5.74) is 4.96. The molecule has 2 amide bonds. The number of rotatable bonds is 11. The predicted molar refractivity (Wildman–Crippen MR) is 215 cm³/mol. The lowest BCUT2D eigenvalue weighted by molar-refractivity contribution is 0.0574. The van der Waals surface area contributed by atoms with Gasteiger partial charge in [0, 0.05) is 61.2 Å². The number of piperidine rings is 1. The number of pyridine rings is 1. The maximum atomic E-state index is 13.7. The van der Waals surface area contributed by atoms with Gasteiger partial charge in [-0.1, -0.05) is 57.2 Å². The van der Waals surface area contributed by atoms with Crippen LogP contribution < -0.4 is 25.6 Å². The minimum absolute atomic E-state index is 0.171. The number of hydrogen-bond donors (Lipinski definition) is 4. The molecule has 12 nitrogen and oxygen atoms in total. The summed E-state index contributed by atoms with van der Waals surface area (Å²) in [6.45, 7) is 12.2. The lowest BCUT2D eigenvalue weighted by atomic mass is 9.85. The first-order chi connectivity index (χ1) is 25.9. The maximum Gasteiger partial charge on any atom is 0.320 e. The number of nitrogens with zero attached hydrogens (tertiary/aromatic N) is 6. The van der Waals surface area contributed by atoms with Gasteiger partial charge in [0.25, 0.3) is 0 Å². The number of benzene rings is 2. The van der Waals surface area contributed by atoms with Gasteiger partial charge in [-0.2, -0.15) is 0 Å². The van der Waals surface area contributed by atoms with E-state index in [9.17, 15) is 4.79 Å². The van der Waals surface area contributed by atoms with Crippen LogP contribution in [-0.2, 0) is 6.54 Å². The average Bonchev–Trinajstić information content (AvgIpc) is 3.53. The van der Waals surface area contributed by atoms with Crippen molar-refractivity contribution in [3.8, 4) is 5.75 Å². The molecule has 0 saturated carbocycles. The van der Waals surface area contributed by atoms with Gasteiger partial charge in [-0.05, 0) is 94.1 Å². The van der Waals surface area contributed by atoms with E-state index in [4.69, 9.17) is 10.1 Å². The van der Waals surface area contributed by atoms with Gasteiger partial charge >= 0.3 is 6.03 Å². The molecule has 0 spiro atoms. The molecule has 2 aromatic carbocycles. The molecule has 54 heavy (non-hydrogen) atoms. The largest absolute Gasteiger partial charge is 0.484 e. The number of aromatic nitrogens is 3. The second-order valence-corrected chi connectivity index (χ2v) is 16.5. The molecular formula is C42H56N10O2. The number of anilines is 2. The van der Waals surface area contributed by atoms with Crippen LogP contribution in [0, 0.1) is 10.8 Å². The van der Waals surface area contributed by atoms with Gasteiger partial charge < -0.3 is 30.6 Å². The van der Waals surface area contributed by atoms with Gasteiger partial charge in [0.1, 0.15) is 17.7 Å². The minimum atomic E-state index is -0.392. The SMILES string of the molecule is C[C@H]1CCCCN1c1nnc2ccc(O[C@@H]3CC[C@H](NC(=O)N/C(=C/C(=N)C(C)(C)C)Nc4cccc(CN5CC(N(C)C)C5)c4)c4ccccc43)cn12. The number of allylic oxidation sites excluding steroid dienone is 1. The average molecular weight is 733 g/mol. The summed E-state index contributed by atoms with van der Waals surface area (Å²) < 4.78 is 8.72. The minimum Gasteiger partial charge on any atom is -0.484 e. The van der Waals surface area contributed by atoms with Crippen LogP contribution in [0.1, 0.15) is 88.6 Å². The normalized spacial score (nSPS) is 21.1. The van der Waals surface area contributed by atoms with Gasteiger partial charge in [-0.3, -0.25) is 14.6 Å². The van der Waals surface area contributed by atoms with Crippen molar-refractivity contribution in [3.63, 3.8) is 0 Å². The van der Waals surface area contributed by atoms with Crippen molar-refractivity contribution in [3.05, 3.63) is 95.4 Å². The third-order valence-electron chi connectivity index (χ3n) is 11.1. The summed E-state index contributed by atoms with van der Waals surface area (Å²) in [7, 11) is 4.26. The highest BCUT2D eigenvalue weighted by atomic mass is 16.5. The summed E-state index contributed by atoms with van der Waals surface area (Å²) in [5, 5.41) is 27.4. The van der Waals surface area contributed by atoms with E-state index in [0.717, 1.165) is 79.6 Å². The highest BCUT2D eigenvalue weighted by molar-refractivity contribution is 5.97. The van der Waals surface area contributed by atoms with Crippen LogP contribution in [0.2, 0.25) is 0 Å². The lowest BCUT2D eigenvalue weighted by Gasteiger charge is -2.42. The molecule has 12 heteroatoms. The van der Waals surface area contributed by atoms with Crippen LogP contribution in [0.5, 0.6) is 5.75 Å². The Balaban J connectivity index is 1.03. The number of likely N-dealkylation sites (tertiary alicyclic amines) is 1. The Labute approximate surface area is 319 Å². The highest BCUT2D eigenvalue weighted by Gasteiger charge is 2.31. The number of carbonyl (C=O) groups is 1. The fourth-order valence-corrected chi connectivity index (χ4v) is 7.65. The second-order valence-electron chi connectivity index (χ2n) is 16.5. The molecule has 0 radical (unpaired) electrons. The topological polar surface area (TPSA) is 126 Å². The molecular weight excluding hydrogens is 677 g/mol. The molecule has 3 aliphatic rings. The predicted octanol–water partition coefficient (Wildman–Crippen LogP) is 7.13. The Bertz CT molecular complexity index is 1990. The zero-order chi connectivity index (χ0) is 38.0. The lowest BCUT2D eigenvalue weighted by Crippen LogP contribution is -2.56. The molecule has 286 valence electrons. The van der Waals surface area contributed by atoms with E-state index in [-0.39, 0.29) is 18.2 Å². The summed E-state index contributed by atoms with van der Waals surface area (Å²) in [6, 6.07) is 20.9. The maximum absolute atomic E-state index is 13.7. The number of urea groups is 1. The monoisotopic (exact) mass is 732 g/mol. The van der Waals surface area contributed by atoms with Gasteiger partial charge in [-0.25, -0.2) is 4.79 Å². The van der Waals surface area contributed by atoms with Crippen molar-refractivity contribution in [2.75, 3.05) is 43.9 Å². The molecule has 2 aromatic heterocycles. The van der Waals surface area contributed by atoms with Crippen LogP contribution in [0.4, 0.5) is 16.4 Å². The Morgan fingerprint density at radius 2 is 1.80 bits per heavy atom. The van der Waals surface area contributed by atoms with Gasteiger partial charge in [-0.15, -0.1) is 10.2 Å². The van der Waals surface area contributed by atoms with E-state index < -0.39 is 5.41 Å². The van der Waals surface area contributed by atoms with Gasteiger partial charge in [0.15, 0.2) is 5.65 Å². The molecule has 3 atom stereocenters. The molecule has 2 saturated heterocycles. The fourth-order valence-electron chi connectivity index (χ4n) is 7.65. The number of nitrogens with one attached hydrogen (secondary N) is 4. The van der Waals surface area contributed by atoms with Crippen molar-refractivity contribution in [2.45, 2.75) is 90.6 Å². The zero-order valence-corrected chi connectivity index (χ0v) is 32.6. The van der Waals surface area contributed by atoms with E-state index in [0.29, 0.717) is 30.0 Å². The fraction of sp³-hybridized carbons (Fsp3) is 0.476. The number of amides is 2.